The van der Waals surface area contributed by atoms with E-state index in [0.29, 0.717) is 5.71 Å². The van der Waals surface area contributed by atoms with Crippen LogP contribution in [0.5, 0.6) is 6.01 Å². The quantitative estimate of drug-likeness (QED) is 0.493. The summed E-state index contributed by atoms with van der Waals surface area (Å²) in [5.41, 5.74) is 1.81. The van der Waals surface area contributed by atoms with Crippen LogP contribution in [0.1, 0.15) is 30.1 Å². The van der Waals surface area contributed by atoms with E-state index < -0.39 is 11.6 Å². The molecular weight excluding hydrogens is 360 g/mol. The number of hydrogen-bond donors (Lipinski definition) is 0. The Morgan fingerprint density at radius 3 is 2.73 bits per heavy atom. The van der Waals surface area contributed by atoms with E-state index >= 15 is 0 Å². The zero-order valence-electron chi connectivity index (χ0n) is 14.3. The lowest BCUT2D eigenvalue weighted by Gasteiger charge is -2.08. The zero-order chi connectivity index (χ0) is 18.7. The Bertz CT molecular complexity index is 938. The molecule has 0 saturated carbocycles. The predicted molar refractivity (Wildman–Crippen MR) is 94.5 cm³/mol. The number of nitrogens with zero attached hydrogens (tertiary/aromatic N) is 5. The molecule has 0 N–H and O–H groups in total. The van der Waals surface area contributed by atoms with Gasteiger partial charge in [-0.25, -0.2) is 9.97 Å². The van der Waals surface area contributed by atoms with Crippen LogP contribution < -0.4 is 4.84 Å². The van der Waals surface area contributed by atoms with Gasteiger partial charge in [0.05, 0.1) is 16.3 Å². The van der Waals surface area contributed by atoms with Crippen molar-refractivity contribution in [2.24, 2.45) is 5.16 Å². The lowest BCUT2D eigenvalue weighted by molar-refractivity contribution is 0.0118. The molecule has 6 nitrogen and oxygen atoms in total. The minimum atomic E-state index is -3.08. The first kappa shape index (κ1) is 18.0. The summed E-state index contributed by atoms with van der Waals surface area (Å²) in [6.07, 6.45) is 4.63. The summed E-state index contributed by atoms with van der Waals surface area (Å²) in [5.74, 6) is -3.08. The van der Waals surface area contributed by atoms with Crippen LogP contribution in [0.15, 0.2) is 41.9 Å². The number of hydrogen-bond acceptors (Lipinski definition) is 7. The number of halogens is 2. The van der Waals surface area contributed by atoms with Gasteiger partial charge in [0.2, 0.25) is 0 Å². The first-order valence-corrected chi connectivity index (χ1v) is 8.47. The average molecular weight is 375 g/mol. The van der Waals surface area contributed by atoms with Crippen molar-refractivity contribution in [1.82, 2.24) is 19.9 Å². The van der Waals surface area contributed by atoms with Gasteiger partial charge in [-0.2, -0.15) is 13.8 Å². The normalized spacial score (nSPS) is 12.3. The van der Waals surface area contributed by atoms with Crippen molar-refractivity contribution in [3.8, 4) is 16.6 Å². The first-order chi connectivity index (χ1) is 12.3. The molecule has 3 aromatic heterocycles. The van der Waals surface area contributed by atoms with Crippen LogP contribution >= 0.6 is 11.3 Å². The van der Waals surface area contributed by atoms with Gasteiger partial charge >= 0.3 is 6.01 Å². The molecular formula is C17H15F2N5OS. The highest BCUT2D eigenvalue weighted by Gasteiger charge is 2.26. The standard InChI is InChI=1S/C17H15F2N5OS/c1-10-14(26-15(22-10)12-5-4-7-20-9-12)11(2)24-25-16-21-8-6-13(23-16)17(3,18)19/h4-9H,1-3H3. The fourth-order valence-electron chi connectivity index (χ4n) is 2.12. The van der Waals surface area contributed by atoms with Gasteiger partial charge in [0.25, 0.3) is 5.92 Å². The van der Waals surface area contributed by atoms with E-state index in [-0.39, 0.29) is 6.01 Å². The molecule has 0 aromatic carbocycles. The third-order valence-electron chi connectivity index (χ3n) is 3.38. The Kier molecular flexibility index (Phi) is 4.99. The molecule has 0 saturated heterocycles. The molecule has 0 bridgehead atoms. The van der Waals surface area contributed by atoms with Gasteiger partial charge in [0.15, 0.2) is 0 Å². The van der Waals surface area contributed by atoms with Crippen molar-refractivity contribution in [2.45, 2.75) is 26.7 Å². The van der Waals surface area contributed by atoms with E-state index in [2.05, 4.69) is 25.1 Å². The van der Waals surface area contributed by atoms with Gasteiger partial charge < -0.3 is 4.84 Å². The molecule has 0 spiro atoms. The molecule has 3 heterocycles. The lowest BCUT2D eigenvalue weighted by Crippen LogP contribution is -2.10. The monoisotopic (exact) mass is 375 g/mol. The molecule has 0 atom stereocenters. The summed E-state index contributed by atoms with van der Waals surface area (Å²) in [4.78, 5) is 22.0. The second kappa shape index (κ2) is 7.20. The van der Waals surface area contributed by atoms with E-state index in [9.17, 15) is 8.78 Å². The van der Waals surface area contributed by atoms with Crippen LogP contribution in [0.2, 0.25) is 0 Å². The van der Waals surface area contributed by atoms with Crippen molar-refractivity contribution < 1.29 is 13.6 Å². The maximum absolute atomic E-state index is 13.3. The number of aryl methyl sites for hydroxylation is 1. The molecule has 0 aliphatic rings. The van der Waals surface area contributed by atoms with Crippen LogP contribution in [0.25, 0.3) is 10.6 Å². The van der Waals surface area contributed by atoms with Crippen molar-refractivity contribution in [2.75, 3.05) is 0 Å². The third-order valence-corrected chi connectivity index (χ3v) is 4.70. The molecule has 3 aromatic rings. The van der Waals surface area contributed by atoms with Crippen LogP contribution in [0, 0.1) is 6.92 Å². The van der Waals surface area contributed by atoms with E-state index in [1.807, 2.05) is 19.1 Å². The highest BCUT2D eigenvalue weighted by molar-refractivity contribution is 7.17. The highest BCUT2D eigenvalue weighted by atomic mass is 32.1. The van der Waals surface area contributed by atoms with Crippen LogP contribution in [-0.4, -0.2) is 25.6 Å². The van der Waals surface area contributed by atoms with Gasteiger partial charge in [0, 0.05) is 31.1 Å². The predicted octanol–water partition coefficient (Wildman–Crippen LogP) is 4.22. The van der Waals surface area contributed by atoms with Crippen LogP contribution in [0.3, 0.4) is 0 Å². The molecule has 0 amide bonds. The first-order valence-electron chi connectivity index (χ1n) is 7.66. The Labute approximate surface area is 152 Å². The topological polar surface area (TPSA) is 73.2 Å². The number of thiazole rings is 1. The minimum absolute atomic E-state index is 0.238. The van der Waals surface area contributed by atoms with Crippen molar-refractivity contribution in [1.29, 1.82) is 0 Å². The number of rotatable bonds is 5. The minimum Gasteiger partial charge on any atom is -0.315 e. The fraction of sp³-hybridized carbons (Fsp3) is 0.235. The summed E-state index contributed by atoms with van der Waals surface area (Å²) in [6, 6.07) is 4.65. The van der Waals surface area contributed by atoms with E-state index in [1.165, 1.54) is 17.5 Å². The summed E-state index contributed by atoms with van der Waals surface area (Å²) >= 11 is 1.44. The average Bonchev–Trinajstić information content (AvgIpc) is 3.02. The fourth-order valence-corrected chi connectivity index (χ4v) is 3.12. The van der Waals surface area contributed by atoms with Crippen molar-refractivity contribution in [3.63, 3.8) is 0 Å². The molecule has 134 valence electrons. The van der Waals surface area contributed by atoms with Crippen LogP contribution in [-0.2, 0) is 5.92 Å². The molecule has 0 fully saturated rings. The summed E-state index contributed by atoms with van der Waals surface area (Å²) < 4.78 is 26.6. The molecule has 0 aliphatic carbocycles. The maximum Gasteiger partial charge on any atom is 0.346 e. The van der Waals surface area contributed by atoms with E-state index in [1.54, 1.807) is 19.3 Å². The molecule has 0 aliphatic heterocycles. The molecule has 3 rings (SSSR count). The Balaban J connectivity index is 1.82. The highest BCUT2D eigenvalue weighted by Crippen LogP contribution is 2.28. The van der Waals surface area contributed by atoms with Crippen LogP contribution in [0.4, 0.5) is 8.78 Å². The zero-order valence-corrected chi connectivity index (χ0v) is 15.1. The SMILES string of the molecule is CC(=NOc1nccc(C(C)(F)F)n1)c1sc(-c2cccnc2)nc1C. The lowest BCUT2D eigenvalue weighted by atomic mass is 10.3. The summed E-state index contributed by atoms with van der Waals surface area (Å²) in [7, 11) is 0. The van der Waals surface area contributed by atoms with Gasteiger partial charge in [0.1, 0.15) is 10.7 Å². The van der Waals surface area contributed by atoms with Crippen molar-refractivity contribution in [3.05, 3.63) is 53.1 Å². The number of aromatic nitrogens is 4. The number of alkyl halides is 2. The molecule has 26 heavy (non-hydrogen) atoms. The molecule has 9 heteroatoms. The maximum atomic E-state index is 13.3. The van der Waals surface area contributed by atoms with E-state index in [4.69, 9.17) is 4.84 Å². The second-order valence-corrected chi connectivity index (χ2v) is 6.56. The smallest absolute Gasteiger partial charge is 0.315 e. The van der Waals surface area contributed by atoms with Gasteiger partial charge in [-0.15, -0.1) is 11.3 Å². The van der Waals surface area contributed by atoms with Gasteiger partial charge in [-0.1, -0.05) is 5.16 Å². The van der Waals surface area contributed by atoms with Gasteiger partial charge in [-0.05, 0) is 32.0 Å². The summed E-state index contributed by atoms with van der Waals surface area (Å²) in [6.45, 7) is 4.36. The Hall–Kier alpha value is -2.81. The Morgan fingerprint density at radius 2 is 2.04 bits per heavy atom. The molecule has 0 unspecified atom stereocenters. The third kappa shape index (κ3) is 4.05. The van der Waals surface area contributed by atoms with Crippen molar-refractivity contribution >= 4 is 17.0 Å². The number of pyridine rings is 1. The Morgan fingerprint density at radius 1 is 1.23 bits per heavy atom. The largest absolute Gasteiger partial charge is 0.346 e. The number of oxime groups is 1. The molecule has 0 radical (unpaired) electrons. The van der Waals surface area contributed by atoms with E-state index in [0.717, 1.165) is 34.1 Å². The summed E-state index contributed by atoms with van der Waals surface area (Å²) in [5, 5.41) is 4.77. The second-order valence-electron chi connectivity index (χ2n) is 5.56. The van der Waals surface area contributed by atoms with Gasteiger partial charge in [-0.3, -0.25) is 4.98 Å².